The van der Waals surface area contributed by atoms with Crippen LogP contribution in [0.1, 0.15) is 19.4 Å². The van der Waals surface area contributed by atoms with Crippen LogP contribution in [0.25, 0.3) is 5.57 Å². The molecule has 0 atom stereocenters. The van der Waals surface area contributed by atoms with Crippen LogP contribution in [0, 0.1) is 5.41 Å². The van der Waals surface area contributed by atoms with E-state index in [1.54, 1.807) is 26.0 Å². The summed E-state index contributed by atoms with van der Waals surface area (Å²) in [5.74, 6) is 0. The molecule has 1 aromatic carbocycles. The van der Waals surface area contributed by atoms with Crippen LogP contribution >= 0.6 is 11.6 Å². The Morgan fingerprint density at radius 3 is 2.07 bits per heavy atom. The van der Waals surface area contributed by atoms with Gasteiger partial charge >= 0.3 is 0 Å². The molecular formula is C11H13ClN2. The Morgan fingerprint density at radius 1 is 1.21 bits per heavy atom. The highest BCUT2D eigenvalue weighted by molar-refractivity contribution is 6.30. The Kier molecular flexibility index (Phi) is 3.31. The highest BCUT2D eigenvalue weighted by Gasteiger charge is 2.06. The van der Waals surface area contributed by atoms with E-state index in [2.05, 4.69) is 0 Å². The van der Waals surface area contributed by atoms with Crippen molar-refractivity contribution >= 4 is 22.9 Å². The fourth-order valence-electron chi connectivity index (χ4n) is 1.36. The number of hydrogen-bond acceptors (Lipinski definition) is 2. The number of halogens is 1. The topological polar surface area (TPSA) is 49.9 Å². The molecule has 14 heavy (non-hydrogen) atoms. The number of benzene rings is 1. The smallest absolute Gasteiger partial charge is 0.0406 e. The first-order valence-electron chi connectivity index (χ1n) is 4.30. The summed E-state index contributed by atoms with van der Waals surface area (Å²) >= 11 is 5.77. The zero-order valence-corrected chi connectivity index (χ0v) is 9.02. The summed E-state index contributed by atoms with van der Waals surface area (Å²) in [6.07, 6.45) is 0. The molecule has 0 aliphatic heterocycles. The van der Waals surface area contributed by atoms with Gasteiger partial charge in [-0.3, -0.25) is 0 Å². The standard InChI is InChI=1S/C11H13ClN2/c1-7(13)11(8(2)14)9-3-5-10(12)6-4-9/h3-6,13H,14H2,1-2H3/b11-8+,13-7?. The van der Waals surface area contributed by atoms with Gasteiger partial charge in [-0.25, -0.2) is 0 Å². The van der Waals surface area contributed by atoms with Gasteiger partial charge in [0.2, 0.25) is 0 Å². The van der Waals surface area contributed by atoms with E-state index in [0.29, 0.717) is 16.4 Å². The molecular weight excluding hydrogens is 196 g/mol. The molecule has 3 N–H and O–H groups in total. The second kappa shape index (κ2) is 4.29. The van der Waals surface area contributed by atoms with Crippen LogP contribution in [-0.2, 0) is 0 Å². The van der Waals surface area contributed by atoms with E-state index in [0.717, 1.165) is 11.1 Å². The van der Waals surface area contributed by atoms with Crippen molar-refractivity contribution in [3.63, 3.8) is 0 Å². The SMILES string of the molecule is CC(=N)/C(=C(/C)N)c1ccc(Cl)cc1. The molecule has 0 aliphatic carbocycles. The van der Waals surface area contributed by atoms with Gasteiger partial charge in [0.15, 0.2) is 0 Å². The van der Waals surface area contributed by atoms with Gasteiger partial charge in [0.05, 0.1) is 0 Å². The van der Waals surface area contributed by atoms with Crippen molar-refractivity contribution in [2.45, 2.75) is 13.8 Å². The molecule has 0 fully saturated rings. The van der Waals surface area contributed by atoms with Gasteiger partial charge in [-0.05, 0) is 31.5 Å². The zero-order chi connectivity index (χ0) is 10.7. The minimum Gasteiger partial charge on any atom is -0.402 e. The van der Waals surface area contributed by atoms with Crippen molar-refractivity contribution in [3.05, 3.63) is 40.5 Å². The Balaban J connectivity index is 3.21. The monoisotopic (exact) mass is 208 g/mol. The molecule has 0 saturated heterocycles. The molecule has 0 aliphatic rings. The molecule has 0 aromatic heterocycles. The largest absolute Gasteiger partial charge is 0.402 e. The van der Waals surface area contributed by atoms with Crippen LogP contribution in [-0.4, -0.2) is 5.71 Å². The lowest BCUT2D eigenvalue weighted by atomic mass is 10.0. The summed E-state index contributed by atoms with van der Waals surface area (Å²) in [7, 11) is 0. The van der Waals surface area contributed by atoms with Gasteiger partial charge in [-0.15, -0.1) is 0 Å². The molecule has 0 radical (unpaired) electrons. The molecule has 3 heteroatoms. The van der Waals surface area contributed by atoms with Gasteiger partial charge in [0, 0.05) is 22.0 Å². The summed E-state index contributed by atoms with van der Waals surface area (Å²) in [6, 6.07) is 7.32. The van der Waals surface area contributed by atoms with Crippen LogP contribution in [0.4, 0.5) is 0 Å². The van der Waals surface area contributed by atoms with E-state index in [1.807, 2.05) is 12.1 Å². The molecule has 0 unspecified atom stereocenters. The molecule has 1 rings (SSSR count). The second-order valence-electron chi connectivity index (χ2n) is 3.19. The number of nitrogens with two attached hydrogens (primary N) is 1. The number of rotatable bonds is 2. The van der Waals surface area contributed by atoms with E-state index in [-0.39, 0.29) is 0 Å². The van der Waals surface area contributed by atoms with Crippen LogP contribution < -0.4 is 5.73 Å². The average Bonchev–Trinajstić information content (AvgIpc) is 2.07. The molecule has 0 amide bonds. The maximum Gasteiger partial charge on any atom is 0.0406 e. The Bertz CT molecular complexity index is 373. The first kappa shape index (κ1) is 10.8. The minimum atomic E-state index is 0.465. The summed E-state index contributed by atoms with van der Waals surface area (Å²) in [4.78, 5) is 0. The first-order chi connectivity index (χ1) is 6.52. The van der Waals surface area contributed by atoms with Gasteiger partial charge < -0.3 is 11.1 Å². The van der Waals surface area contributed by atoms with Crippen molar-refractivity contribution < 1.29 is 0 Å². The highest BCUT2D eigenvalue weighted by Crippen LogP contribution is 2.19. The van der Waals surface area contributed by atoms with Gasteiger partial charge in [-0.1, -0.05) is 23.7 Å². The van der Waals surface area contributed by atoms with Gasteiger partial charge in [-0.2, -0.15) is 0 Å². The average molecular weight is 209 g/mol. The van der Waals surface area contributed by atoms with E-state index in [4.69, 9.17) is 22.7 Å². The highest BCUT2D eigenvalue weighted by atomic mass is 35.5. The minimum absolute atomic E-state index is 0.465. The predicted molar refractivity (Wildman–Crippen MR) is 61.6 cm³/mol. The quantitative estimate of drug-likeness (QED) is 0.722. The fourth-order valence-corrected chi connectivity index (χ4v) is 1.48. The number of nitrogens with one attached hydrogen (secondary N) is 1. The summed E-state index contributed by atoms with van der Waals surface area (Å²) in [5.41, 5.74) is 8.54. The van der Waals surface area contributed by atoms with Crippen LogP contribution in [0.15, 0.2) is 30.0 Å². The molecule has 0 bridgehead atoms. The summed E-state index contributed by atoms with van der Waals surface area (Å²) < 4.78 is 0. The zero-order valence-electron chi connectivity index (χ0n) is 8.26. The lowest BCUT2D eigenvalue weighted by Gasteiger charge is -2.08. The fraction of sp³-hybridized carbons (Fsp3) is 0.182. The third-order valence-electron chi connectivity index (χ3n) is 1.90. The third-order valence-corrected chi connectivity index (χ3v) is 2.15. The normalized spacial score (nSPS) is 12.2. The van der Waals surface area contributed by atoms with Crippen molar-refractivity contribution in [2.24, 2.45) is 5.73 Å². The number of hydrogen-bond donors (Lipinski definition) is 2. The maximum absolute atomic E-state index is 7.60. The molecule has 74 valence electrons. The number of allylic oxidation sites excluding steroid dienone is 2. The second-order valence-corrected chi connectivity index (χ2v) is 3.63. The van der Waals surface area contributed by atoms with Crippen molar-refractivity contribution in [3.8, 4) is 0 Å². The van der Waals surface area contributed by atoms with Crippen molar-refractivity contribution in [1.82, 2.24) is 0 Å². The Morgan fingerprint density at radius 2 is 1.71 bits per heavy atom. The lowest BCUT2D eigenvalue weighted by Crippen LogP contribution is -2.04. The first-order valence-corrected chi connectivity index (χ1v) is 4.68. The van der Waals surface area contributed by atoms with E-state index < -0.39 is 0 Å². The van der Waals surface area contributed by atoms with Crippen molar-refractivity contribution in [1.29, 1.82) is 5.41 Å². The molecule has 0 saturated carbocycles. The van der Waals surface area contributed by atoms with Crippen molar-refractivity contribution in [2.75, 3.05) is 0 Å². The molecule has 1 aromatic rings. The van der Waals surface area contributed by atoms with Crippen LogP contribution in [0.3, 0.4) is 0 Å². The summed E-state index contributed by atoms with van der Waals surface area (Å²) in [5, 5.41) is 8.29. The van der Waals surface area contributed by atoms with E-state index in [1.165, 1.54) is 0 Å². The van der Waals surface area contributed by atoms with Crippen LogP contribution in [0.2, 0.25) is 5.02 Å². The Labute approximate surface area is 88.9 Å². The van der Waals surface area contributed by atoms with Crippen LogP contribution in [0.5, 0.6) is 0 Å². The lowest BCUT2D eigenvalue weighted by molar-refractivity contribution is 1.32. The summed E-state index contributed by atoms with van der Waals surface area (Å²) in [6.45, 7) is 3.52. The third kappa shape index (κ3) is 2.36. The molecule has 0 heterocycles. The predicted octanol–water partition coefficient (Wildman–Crippen LogP) is 3.07. The Hall–Kier alpha value is -1.28. The molecule has 2 nitrogen and oxygen atoms in total. The van der Waals surface area contributed by atoms with E-state index in [9.17, 15) is 0 Å². The van der Waals surface area contributed by atoms with Gasteiger partial charge in [0.25, 0.3) is 0 Å². The van der Waals surface area contributed by atoms with Gasteiger partial charge in [0.1, 0.15) is 0 Å². The van der Waals surface area contributed by atoms with E-state index >= 15 is 0 Å². The molecule has 0 spiro atoms. The maximum atomic E-state index is 7.60.